The number of aromatic nitrogens is 2. The number of carbonyl (C=O) groups excluding carboxylic acids is 1. The lowest BCUT2D eigenvalue weighted by Crippen LogP contribution is -2.54. The van der Waals surface area contributed by atoms with E-state index in [0.717, 1.165) is 17.4 Å². The van der Waals surface area contributed by atoms with Crippen molar-refractivity contribution in [2.75, 3.05) is 25.4 Å². The third kappa shape index (κ3) is 2.72. The topological polar surface area (TPSA) is 100.0 Å². The Bertz CT molecular complexity index is 1570. The number of thiophene rings is 1. The average Bonchev–Trinajstić information content (AvgIpc) is 3.39. The van der Waals surface area contributed by atoms with E-state index in [1.54, 1.807) is 4.90 Å². The van der Waals surface area contributed by atoms with E-state index in [9.17, 15) is 14.4 Å². The first-order chi connectivity index (χ1) is 16.4. The highest BCUT2D eigenvalue weighted by molar-refractivity contribution is 7.23. The van der Waals surface area contributed by atoms with E-state index < -0.39 is 23.4 Å². The number of rotatable bonds is 1. The highest BCUT2D eigenvalue weighted by atomic mass is 32.1. The Balaban J connectivity index is 1.70. The van der Waals surface area contributed by atoms with Crippen LogP contribution in [-0.4, -0.2) is 46.3 Å². The standard InChI is InChI=1S/C23H17F3N6OS/c24-14-2-1-11(16-12(7-27)22(28)34-21(14)16)15-13-9-30-32-5-3-10-8-29-4-6-31(10)23(33)17(20(13)32)19(26)18(15)25/h1-2,9-10,29H,3-6,8,28H2. The molecule has 2 aliphatic rings. The fraction of sp³-hybridized carbons (Fsp3) is 0.261. The van der Waals surface area contributed by atoms with Crippen molar-refractivity contribution in [2.24, 2.45) is 0 Å². The number of fused-ring (bicyclic) bond motifs is 2. The molecule has 1 saturated heterocycles. The van der Waals surface area contributed by atoms with Crippen LogP contribution in [0.4, 0.5) is 18.2 Å². The van der Waals surface area contributed by atoms with Gasteiger partial charge in [0.05, 0.1) is 22.0 Å². The van der Waals surface area contributed by atoms with Crippen LogP contribution in [0.25, 0.3) is 32.1 Å². The molecule has 34 heavy (non-hydrogen) atoms. The predicted octanol–water partition coefficient (Wildman–Crippen LogP) is 3.61. The van der Waals surface area contributed by atoms with Gasteiger partial charge in [0.1, 0.15) is 22.5 Å². The number of amides is 1. The number of hydrogen-bond donors (Lipinski definition) is 2. The molecule has 1 amide bonds. The minimum absolute atomic E-state index is 0.000206. The van der Waals surface area contributed by atoms with Crippen molar-refractivity contribution in [1.29, 1.82) is 5.26 Å². The van der Waals surface area contributed by atoms with Gasteiger partial charge >= 0.3 is 0 Å². The molecule has 2 aliphatic heterocycles. The summed E-state index contributed by atoms with van der Waals surface area (Å²) in [6, 6.07) is 4.23. The second kappa shape index (κ2) is 7.44. The number of nitriles is 1. The number of anilines is 1. The van der Waals surface area contributed by atoms with E-state index in [4.69, 9.17) is 5.73 Å². The lowest BCUT2D eigenvalue weighted by molar-refractivity contribution is 0.0607. The Morgan fingerprint density at radius 3 is 2.79 bits per heavy atom. The summed E-state index contributed by atoms with van der Waals surface area (Å²) in [7, 11) is 0. The summed E-state index contributed by atoms with van der Waals surface area (Å²) >= 11 is 0.874. The predicted molar refractivity (Wildman–Crippen MR) is 122 cm³/mol. The van der Waals surface area contributed by atoms with Crippen LogP contribution < -0.4 is 11.1 Å². The quantitative estimate of drug-likeness (QED) is 0.432. The van der Waals surface area contributed by atoms with Gasteiger partial charge < -0.3 is 16.0 Å². The van der Waals surface area contributed by atoms with Gasteiger partial charge in [-0.25, -0.2) is 13.2 Å². The summed E-state index contributed by atoms with van der Waals surface area (Å²) in [5.41, 5.74) is 5.71. The fourth-order valence-electron chi connectivity index (χ4n) is 5.11. The SMILES string of the molecule is N#Cc1c(N)sc2c(F)ccc(-c3c(F)c(F)c4c5c3cnn5CCC3CNCCN3C4=O)c12. The first-order valence-corrected chi connectivity index (χ1v) is 11.5. The van der Waals surface area contributed by atoms with Gasteiger partial charge in [-0.1, -0.05) is 6.07 Å². The van der Waals surface area contributed by atoms with Crippen molar-refractivity contribution in [2.45, 2.75) is 19.0 Å². The number of nitrogens with zero attached hydrogens (tertiary/aromatic N) is 4. The molecular formula is C23H17F3N6OS. The lowest BCUT2D eigenvalue weighted by Gasteiger charge is -2.37. The number of nitrogens with one attached hydrogen (secondary N) is 1. The van der Waals surface area contributed by atoms with Crippen molar-refractivity contribution < 1.29 is 18.0 Å². The van der Waals surface area contributed by atoms with Crippen LogP contribution in [0.3, 0.4) is 0 Å². The van der Waals surface area contributed by atoms with Gasteiger partial charge in [0, 0.05) is 48.6 Å². The maximum Gasteiger partial charge on any atom is 0.259 e. The first kappa shape index (κ1) is 20.9. The van der Waals surface area contributed by atoms with Crippen molar-refractivity contribution in [3.63, 3.8) is 0 Å². The molecule has 0 spiro atoms. The van der Waals surface area contributed by atoms with Crippen LogP contribution in [0, 0.1) is 28.8 Å². The molecule has 0 aliphatic carbocycles. The van der Waals surface area contributed by atoms with Gasteiger partial charge in [-0.2, -0.15) is 10.4 Å². The van der Waals surface area contributed by atoms with E-state index in [0.29, 0.717) is 32.6 Å². The maximum absolute atomic E-state index is 15.8. The normalized spacial score (nSPS) is 18.1. The van der Waals surface area contributed by atoms with Crippen LogP contribution >= 0.6 is 11.3 Å². The molecule has 7 nitrogen and oxygen atoms in total. The molecule has 6 rings (SSSR count). The molecule has 0 saturated carbocycles. The van der Waals surface area contributed by atoms with Gasteiger partial charge in [-0.15, -0.1) is 11.3 Å². The molecule has 2 aromatic heterocycles. The molecule has 11 heteroatoms. The molecular weight excluding hydrogens is 465 g/mol. The van der Waals surface area contributed by atoms with Crippen molar-refractivity contribution >= 4 is 43.2 Å². The third-order valence-corrected chi connectivity index (χ3v) is 7.70. The number of piperazine rings is 1. The van der Waals surface area contributed by atoms with Gasteiger partial charge in [0.25, 0.3) is 5.91 Å². The van der Waals surface area contributed by atoms with E-state index >= 15 is 8.78 Å². The lowest BCUT2D eigenvalue weighted by atomic mass is 9.93. The van der Waals surface area contributed by atoms with Gasteiger partial charge in [0.15, 0.2) is 11.6 Å². The Hall–Kier alpha value is -3.62. The molecule has 0 radical (unpaired) electrons. The number of benzene rings is 2. The zero-order chi connectivity index (χ0) is 23.7. The number of carbonyl (C=O) groups is 1. The smallest absolute Gasteiger partial charge is 0.259 e. The zero-order valence-electron chi connectivity index (χ0n) is 17.7. The third-order valence-electron chi connectivity index (χ3n) is 6.68. The molecule has 4 heterocycles. The summed E-state index contributed by atoms with van der Waals surface area (Å²) in [6.45, 7) is 1.93. The number of nitrogen functional groups attached to an aromatic ring is 1. The van der Waals surface area contributed by atoms with Crippen LogP contribution in [0.5, 0.6) is 0 Å². The second-order valence-corrected chi connectivity index (χ2v) is 9.46. The molecule has 3 N–H and O–H groups in total. The summed E-state index contributed by atoms with van der Waals surface area (Å²) in [4.78, 5) is 15.0. The minimum atomic E-state index is -1.28. The molecule has 0 bridgehead atoms. The largest absolute Gasteiger partial charge is 0.389 e. The minimum Gasteiger partial charge on any atom is -0.389 e. The van der Waals surface area contributed by atoms with E-state index in [1.165, 1.54) is 16.9 Å². The highest BCUT2D eigenvalue weighted by Crippen LogP contribution is 2.45. The summed E-state index contributed by atoms with van der Waals surface area (Å²) in [6.07, 6.45) is 1.99. The Morgan fingerprint density at radius 1 is 1.21 bits per heavy atom. The number of aryl methyl sites for hydroxylation is 1. The summed E-state index contributed by atoms with van der Waals surface area (Å²) in [5.74, 6) is -3.73. The maximum atomic E-state index is 15.8. The highest BCUT2D eigenvalue weighted by Gasteiger charge is 2.36. The van der Waals surface area contributed by atoms with E-state index in [2.05, 4.69) is 10.4 Å². The summed E-state index contributed by atoms with van der Waals surface area (Å²) in [5, 5.41) is 17.6. The second-order valence-electron chi connectivity index (χ2n) is 8.41. The van der Waals surface area contributed by atoms with Crippen LogP contribution in [-0.2, 0) is 6.54 Å². The van der Waals surface area contributed by atoms with Crippen LogP contribution in [0.15, 0.2) is 18.3 Å². The Kier molecular flexibility index (Phi) is 4.59. The van der Waals surface area contributed by atoms with Crippen molar-refractivity contribution in [3.8, 4) is 17.2 Å². The van der Waals surface area contributed by atoms with Gasteiger partial charge in [-0.3, -0.25) is 9.48 Å². The molecule has 1 atom stereocenters. The molecule has 1 fully saturated rings. The Morgan fingerprint density at radius 2 is 2.00 bits per heavy atom. The van der Waals surface area contributed by atoms with Crippen LogP contribution in [0.1, 0.15) is 22.3 Å². The fourth-order valence-corrected chi connectivity index (χ4v) is 6.06. The molecule has 4 aromatic rings. The van der Waals surface area contributed by atoms with Crippen molar-refractivity contribution in [3.05, 3.63) is 46.9 Å². The van der Waals surface area contributed by atoms with E-state index in [1.807, 2.05) is 6.07 Å². The molecule has 2 aromatic carbocycles. The molecule has 1 unspecified atom stereocenters. The number of hydrogen-bond acceptors (Lipinski definition) is 6. The molecule has 172 valence electrons. The van der Waals surface area contributed by atoms with Gasteiger partial charge in [-0.05, 0) is 18.1 Å². The number of nitrogens with two attached hydrogens (primary N) is 1. The zero-order valence-corrected chi connectivity index (χ0v) is 18.5. The summed E-state index contributed by atoms with van der Waals surface area (Å²) < 4.78 is 47.7. The van der Waals surface area contributed by atoms with Crippen molar-refractivity contribution in [1.82, 2.24) is 20.0 Å². The average molecular weight is 482 g/mol. The first-order valence-electron chi connectivity index (χ1n) is 10.7. The van der Waals surface area contributed by atoms with E-state index in [-0.39, 0.29) is 54.3 Å². The Labute approximate surface area is 195 Å². The monoisotopic (exact) mass is 482 g/mol. The number of halogens is 3. The van der Waals surface area contributed by atoms with Gasteiger partial charge in [0.2, 0.25) is 0 Å². The van der Waals surface area contributed by atoms with Crippen LogP contribution in [0.2, 0.25) is 0 Å².